The van der Waals surface area contributed by atoms with E-state index in [1.807, 2.05) is 26.0 Å². The Morgan fingerprint density at radius 3 is 2.38 bits per heavy atom. The van der Waals surface area contributed by atoms with Gasteiger partial charge in [0.1, 0.15) is 0 Å². The zero-order valence-electron chi connectivity index (χ0n) is 19.7. The lowest BCUT2D eigenvalue weighted by Gasteiger charge is -2.20. The zero-order valence-corrected chi connectivity index (χ0v) is 22.1. The molecule has 0 unspecified atom stereocenters. The fourth-order valence-corrected chi connectivity index (χ4v) is 6.16. The average molecular weight is 518 g/mol. The van der Waals surface area contributed by atoms with E-state index in [1.165, 1.54) is 0 Å². The van der Waals surface area contributed by atoms with E-state index in [-0.39, 0.29) is 0 Å². The Bertz CT molecular complexity index is 1120. The monoisotopic (exact) mass is 517 g/mol. The van der Waals surface area contributed by atoms with Crippen molar-refractivity contribution >= 4 is 39.7 Å². The van der Waals surface area contributed by atoms with E-state index in [0.29, 0.717) is 30.0 Å². The zero-order chi connectivity index (χ0) is 23.3. The highest BCUT2D eigenvalue weighted by molar-refractivity contribution is 9.10. The van der Waals surface area contributed by atoms with Crippen molar-refractivity contribution in [1.29, 1.82) is 0 Å². The van der Waals surface area contributed by atoms with Crippen LogP contribution in [0.5, 0.6) is 0 Å². The quantitative estimate of drug-likeness (QED) is 0.257. The van der Waals surface area contributed by atoms with Crippen LogP contribution in [0.1, 0.15) is 51.8 Å². The first-order chi connectivity index (χ1) is 15.3. The second kappa shape index (κ2) is 11.1. The first kappa shape index (κ1) is 25.1. The normalized spacial score (nSPS) is 12.1. The van der Waals surface area contributed by atoms with Crippen molar-refractivity contribution in [3.05, 3.63) is 58.2 Å². The molecule has 1 heterocycles. The van der Waals surface area contributed by atoms with Gasteiger partial charge in [0.2, 0.25) is 0 Å². The highest BCUT2D eigenvalue weighted by Crippen LogP contribution is 2.49. The van der Waals surface area contributed by atoms with Crippen LogP contribution >= 0.6 is 23.5 Å². The van der Waals surface area contributed by atoms with Crippen LogP contribution in [0.15, 0.2) is 46.9 Å². The number of nitrogens with zero attached hydrogens (tertiary/aromatic N) is 1. The van der Waals surface area contributed by atoms with Gasteiger partial charge in [-0.15, -0.1) is 0 Å². The van der Waals surface area contributed by atoms with E-state index < -0.39 is 7.60 Å². The summed E-state index contributed by atoms with van der Waals surface area (Å²) in [6.45, 7) is 10.8. The molecule has 0 spiro atoms. The molecule has 0 aliphatic carbocycles. The lowest BCUT2D eigenvalue weighted by Crippen LogP contribution is -2.14. The molecule has 0 saturated carbocycles. The van der Waals surface area contributed by atoms with Gasteiger partial charge in [0.05, 0.1) is 24.0 Å². The predicted molar refractivity (Wildman–Crippen MR) is 138 cm³/mol. The fourth-order valence-electron chi connectivity index (χ4n) is 3.92. The molecule has 0 atom stereocenters. The third-order valence-corrected chi connectivity index (χ3v) is 8.06. The van der Waals surface area contributed by atoms with Gasteiger partial charge < -0.3 is 9.05 Å². The van der Waals surface area contributed by atoms with Crippen LogP contribution in [-0.4, -0.2) is 18.2 Å². The van der Waals surface area contributed by atoms with Gasteiger partial charge in [-0.05, 0) is 86.6 Å². The summed E-state index contributed by atoms with van der Waals surface area (Å²) in [6, 6.07) is 14.4. The summed E-state index contributed by atoms with van der Waals surface area (Å²) in [4.78, 5) is 4.93. The van der Waals surface area contributed by atoms with Crippen LogP contribution in [-0.2, 0) is 20.0 Å². The summed E-state index contributed by atoms with van der Waals surface area (Å²) in [5.41, 5.74) is 4.90. The molecular weight excluding hydrogens is 485 g/mol. The molecule has 0 bridgehead atoms. The molecule has 0 radical (unpaired) electrons. The van der Waals surface area contributed by atoms with E-state index in [4.69, 9.17) is 14.0 Å². The van der Waals surface area contributed by atoms with Gasteiger partial charge in [-0.25, -0.2) is 0 Å². The predicted octanol–water partition coefficient (Wildman–Crippen LogP) is 7.84. The number of hydrogen-bond donors (Lipinski definition) is 0. The lowest BCUT2D eigenvalue weighted by molar-refractivity contribution is 0.230. The Morgan fingerprint density at radius 1 is 1.03 bits per heavy atom. The summed E-state index contributed by atoms with van der Waals surface area (Å²) in [5, 5.41) is 1.48. The number of pyridine rings is 1. The molecule has 6 heteroatoms. The SMILES string of the molecule is CCOP(=O)(OCC)c1cc(-c2ccc(Br)cc2C)cc2ccc(CCCC(C)C)nc12. The topological polar surface area (TPSA) is 48.4 Å². The van der Waals surface area contributed by atoms with Gasteiger partial charge >= 0.3 is 7.60 Å². The average Bonchev–Trinajstić information content (AvgIpc) is 2.73. The number of rotatable bonds is 10. The fraction of sp³-hybridized carbons (Fsp3) is 0.423. The molecule has 0 aliphatic heterocycles. The van der Waals surface area contributed by atoms with E-state index in [9.17, 15) is 4.57 Å². The summed E-state index contributed by atoms with van der Waals surface area (Å²) >= 11 is 3.54. The van der Waals surface area contributed by atoms with Gasteiger partial charge in [0.15, 0.2) is 0 Å². The molecule has 0 aliphatic rings. The van der Waals surface area contributed by atoms with Crippen molar-refractivity contribution in [3.8, 4) is 11.1 Å². The van der Waals surface area contributed by atoms with Crippen molar-refractivity contribution < 1.29 is 13.6 Å². The largest absolute Gasteiger partial charge is 0.363 e. The van der Waals surface area contributed by atoms with E-state index in [0.717, 1.165) is 51.5 Å². The molecule has 172 valence electrons. The minimum atomic E-state index is -3.52. The Morgan fingerprint density at radius 2 is 1.75 bits per heavy atom. The number of hydrogen-bond acceptors (Lipinski definition) is 4. The Balaban J connectivity index is 2.19. The summed E-state index contributed by atoms with van der Waals surface area (Å²) < 4.78 is 26.4. The summed E-state index contributed by atoms with van der Waals surface area (Å²) in [5.74, 6) is 0.666. The van der Waals surface area contributed by atoms with Gasteiger partial charge in [-0.2, -0.15) is 0 Å². The minimum Gasteiger partial charge on any atom is -0.305 e. The number of aryl methyl sites for hydroxylation is 2. The maximum absolute atomic E-state index is 13.9. The number of halogens is 1. The molecule has 0 saturated heterocycles. The Hall–Kier alpha value is -1.52. The number of benzene rings is 2. The van der Waals surface area contributed by atoms with Crippen molar-refractivity contribution in [2.75, 3.05) is 13.2 Å². The number of aromatic nitrogens is 1. The highest BCUT2D eigenvalue weighted by atomic mass is 79.9. The molecule has 3 aromatic rings. The summed E-state index contributed by atoms with van der Waals surface area (Å²) in [6.07, 6.45) is 3.13. The highest BCUT2D eigenvalue weighted by Gasteiger charge is 2.30. The van der Waals surface area contributed by atoms with Crippen LogP contribution in [0.25, 0.3) is 22.0 Å². The molecule has 1 aromatic heterocycles. The number of fused-ring (bicyclic) bond motifs is 1. The van der Waals surface area contributed by atoms with Crippen LogP contribution in [0.3, 0.4) is 0 Å². The standard InChI is InChI=1S/C26H33BrNO3P/c1-6-30-32(29,31-7-2)25-17-21(24-14-12-22(27)15-19(24)5)16-20-11-13-23(28-26(20)25)10-8-9-18(3)4/h11-18H,6-10H2,1-5H3. The Labute approximate surface area is 200 Å². The maximum Gasteiger partial charge on any atom is 0.363 e. The van der Waals surface area contributed by atoms with E-state index >= 15 is 0 Å². The lowest BCUT2D eigenvalue weighted by atomic mass is 9.98. The molecule has 3 rings (SSSR count). The van der Waals surface area contributed by atoms with Gasteiger partial charge in [0, 0.05) is 15.6 Å². The maximum atomic E-state index is 13.9. The summed E-state index contributed by atoms with van der Waals surface area (Å²) in [7, 11) is -3.52. The van der Waals surface area contributed by atoms with E-state index in [1.54, 1.807) is 0 Å². The molecule has 0 fully saturated rings. The van der Waals surface area contributed by atoms with E-state index in [2.05, 4.69) is 67.0 Å². The van der Waals surface area contributed by atoms with Crippen LogP contribution < -0.4 is 5.30 Å². The molecular formula is C26H33BrNO3P. The molecule has 2 aromatic carbocycles. The Kier molecular flexibility index (Phi) is 8.68. The van der Waals surface area contributed by atoms with Crippen LogP contribution in [0.4, 0.5) is 0 Å². The van der Waals surface area contributed by atoms with Crippen molar-refractivity contribution in [1.82, 2.24) is 4.98 Å². The first-order valence-corrected chi connectivity index (χ1v) is 13.7. The van der Waals surface area contributed by atoms with Crippen molar-refractivity contribution in [3.63, 3.8) is 0 Å². The smallest absolute Gasteiger partial charge is 0.305 e. The van der Waals surface area contributed by atoms with Crippen LogP contribution in [0, 0.1) is 12.8 Å². The first-order valence-electron chi connectivity index (χ1n) is 11.4. The van der Waals surface area contributed by atoms with Crippen molar-refractivity contribution in [2.45, 2.75) is 53.9 Å². The molecule has 0 N–H and O–H groups in total. The van der Waals surface area contributed by atoms with Gasteiger partial charge in [-0.3, -0.25) is 9.55 Å². The second-order valence-electron chi connectivity index (χ2n) is 8.45. The van der Waals surface area contributed by atoms with Crippen LogP contribution in [0.2, 0.25) is 0 Å². The second-order valence-corrected chi connectivity index (χ2v) is 11.4. The van der Waals surface area contributed by atoms with Gasteiger partial charge in [-0.1, -0.05) is 48.3 Å². The molecule has 4 nitrogen and oxygen atoms in total. The molecule has 0 amide bonds. The van der Waals surface area contributed by atoms with Gasteiger partial charge in [0.25, 0.3) is 0 Å². The van der Waals surface area contributed by atoms with Crippen molar-refractivity contribution in [2.24, 2.45) is 5.92 Å². The third-order valence-electron chi connectivity index (χ3n) is 5.44. The molecule has 32 heavy (non-hydrogen) atoms. The third kappa shape index (κ3) is 5.88. The minimum absolute atomic E-state index is 0.300.